The van der Waals surface area contributed by atoms with E-state index in [1.807, 2.05) is 0 Å². The van der Waals surface area contributed by atoms with E-state index < -0.39 is 10.2 Å². The van der Waals surface area contributed by atoms with Crippen LogP contribution in [0.4, 0.5) is 11.4 Å². The molecule has 1 saturated heterocycles. The number of nitrogens with zero attached hydrogens (tertiary/aromatic N) is 1. The van der Waals surface area contributed by atoms with Crippen molar-refractivity contribution < 1.29 is 18.0 Å². The van der Waals surface area contributed by atoms with E-state index >= 15 is 0 Å². The lowest BCUT2D eigenvalue weighted by Crippen LogP contribution is -2.43. The molecule has 0 bridgehead atoms. The SMILES string of the molecule is C=CC(=O)N1CCCC(C(=O)Nc2ccc(NS(=O)(=O)NC)cc2)C1. The molecule has 1 aliphatic heterocycles. The predicted molar refractivity (Wildman–Crippen MR) is 96.2 cm³/mol. The second-order valence-electron chi connectivity index (χ2n) is 5.70. The number of carbonyl (C=O) groups is 2. The zero-order chi connectivity index (χ0) is 18.4. The first-order chi connectivity index (χ1) is 11.8. The van der Waals surface area contributed by atoms with Gasteiger partial charge in [0.25, 0.3) is 10.2 Å². The summed E-state index contributed by atoms with van der Waals surface area (Å²) >= 11 is 0. The summed E-state index contributed by atoms with van der Waals surface area (Å²) in [5.74, 6) is -0.607. The molecule has 0 spiro atoms. The highest BCUT2D eigenvalue weighted by Gasteiger charge is 2.27. The Morgan fingerprint density at radius 1 is 1.24 bits per heavy atom. The van der Waals surface area contributed by atoms with E-state index in [4.69, 9.17) is 0 Å². The average Bonchev–Trinajstić information content (AvgIpc) is 2.62. The molecule has 0 saturated carbocycles. The average molecular weight is 366 g/mol. The number of nitrogens with one attached hydrogen (secondary N) is 3. The fraction of sp³-hybridized carbons (Fsp3) is 0.375. The molecule has 1 aromatic rings. The molecule has 1 aliphatic rings. The summed E-state index contributed by atoms with van der Waals surface area (Å²) < 4.78 is 27.3. The summed E-state index contributed by atoms with van der Waals surface area (Å²) in [7, 11) is -2.27. The molecular weight excluding hydrogens is 344 g/mol. The maximum absolute atomic E-state index is 12.4. The molecule has 1 heterocycles. The molecule has 8 nitrogen and oxygen atoms in total. The molecule has 0 aromatic heterocycles. The number of hydrogen-bond acceptors (Lipinski definition) is 4. The number of carbonyl (C=O) groups excluding carboxylic acids is 2. The molecule has 3 N–H and O–H groups in total. The Morgan fingerprint density at radius 2 is 1.88 bits per heavy atom. The van der Waals surface area contributed by atoms with Gasteiger partial charge in [-0.2, -0.15) is 8.42 Å². The highest BCUT2D eigenvalue weighted by atomic mass is 32.2. The number of piperidine rings is 1. The topological polar surface area (TPSA) is 108 Å². The van der Waals surface area contributed by atoms with Crippen molar-refractivity contribution in [1.82, 2.24) is 9.62 Å². The van der Waals surface area contributed by atoms with Gasteiger partial charge in [-0.25, -0.2) is 4.72 Å². The van der Waals surface area contributed by atoms with Crippen molar-refractivity contribution in [2.24, 2.45) is 5.92 Å². The molecule has 1 unspecified atom stereocenters. The Balaban J connectivity index is 1.96. The third-order valence-corrected chi connectivity index (χ3v) is 4.99. The molecule has 136 valence electrons. The second kappa shape index (κ2) is 8.13. The van der Waals surface area contributed by atoms with Crippen molar-refractivity contribution in [3.8, 4) is 0 Å². The molecule has 0 aliphatic carbocycles. The molecule has 25 heavy (non-hydrogen) atoms. The van der Waals surface area contributed by atoms with Crippen LogP contribution < -0.4 is 14.8 Å². The first-order valence-corrected chi connectivity index (χ1v) is 9.36. The summed E-state index contributed by atoms with van der Waals surface area (Å²) in [4.78, 5) is 25.7. The summed E-state index contributed by atoms with van der Waals surface area (Å²) in [6.45, 7) is 4.47. The summed E-state index contributed by atoms with van der Waals surface area (Å²) in [5.41, 5.74) is 0.942. The lowest BCUT2D eigenvalue weighted by molar-refractivity contribution is -0.130. The minimum absolute atomic E-state index is 0.162. The second-order valence-corrected chi connectivity index (χ2v) is 7.32. The first kappa shape index (κ1) is 18.9. The molecule has 1 fully saturated rings. The molecule has 1 aromatic carbocycles. The number of likely N-dealkylation sites (tertiary alicyclic amines) is 1. The zero-order valence-electron chi connectivity index (χ0n) is 14.0. The van der Waals surface area contributed by atoms with Crippen molar-refractivity contribution >= 4 is 33.4 Å². The van der Waals surface area contributed by atoms with E-state index in [0.29, 0.717) is 30.9 Å². The third kappa shape index (κ3) is 5.30. The minimum Gasteiger partial charge on any atom is -0.338 e. The van der Waals surface area contributed by atoms with Gasteiger partial charge in [0.1, 0.15) is 0 Å². The molecular formula is C16H22N4O4S. The first-order valence-electron chi connectivity index (χ1n) is 7.88. The van der Waals surface area contributed by atoms with Crippen molar-refractivity contribution in [3.05, 3.63) is 36.9 Å². The Labute approximate surface area is 147 Å². The standard InChI is InChI=1S/C16H22N4O4S/c1-3-15(21)20-10-4-5-12(11-20)16(22)18-13-6-8-14(9-7-13)19-25(23,24)17-2/h3,6-9,12,17,19H,1,4-5,10-11H2,2H3,(H,18,22). The Kier molecular flexibility index (Phi) is 6.16. The number of benzene rings is 1. The lowest BCUT2D eigenvalue weighted by Gasteiger charge is -2.31. The van der Waals surface area contributed by atoms with E-state index in [2.05, 4.69) is 21.3 Å². The van der Waals surface area contributed by atoms with Gasteiger partial charge in [0.2, 0.25) is 11.8 Å². The molecule has 2 amide bonds. The van der Waals surface area contributed by atoms with E-state index in [-0.39, 0.29) is 17.7 Å². The Bertz CT molecular complexity index is 746. The van der Waals surface area contributed by atoms with Crippen molar-refractivity contribution in [2.75, 3.05) is 30.2 Å². The van der Waals surface area contributed by atoms with Crippen LogP contribution in [0.2, 0.25) is 0 Å². The number of rotatable bonds is 6. The Hall–Kier alpha value is -2.39. The van der Waals surface area contributed by atoms with Crippen LogP contribution in [-0.4, -0.2) is 45.3 Å². The van der Waals surface area contributed by atoms with Gasteiger partial charge in [0.15, 0.2) is 0 Å². The van der Waals surface area contributed by atoms with Gasteiger partial charge >= 0.3 is 0 Å². The maximum atomic E-state index is 12.4. The Morgan fingerprint density at radius 3 is 2.48 bits per heavy atom. The van der Waals surface area contributed by atoms with Gasteiger partial charge in [-0.1, -0.05) is 6.58 Å². The van der Waals surface area contributed by atoms with Crippen LogP contribution in [-0.2, 0) is 19.8 Å². The maximum Gasteiger partial charge on any atom is 0.298 e. The van der Waals surface area contributed by atoms with Crippen LogP contribution in [0.5, 0.6) is 0 Å². The van der Waals surface area contributed by atoms with Gasteiger partial charge in [-0.05, 0) is 43.2 Å². The molecule has 2 rings (SSSR count). The smallest absolute Gasteiger partial charge is 0.298 e. The fourth-order valence-corrected chi connectivity index (χ4v) is 3.14. The molecule has 9 heteroatoms. The summed E-state index contributed by atoms with van der Waals surface area (Å²) in [6, 6.07) is 6.33. The highest BCUT2D eigenvalue weighted by molar-refractivity contribution is 7.90. The zero-order valence-corrected chi connectivity index (χ0v) is 14.8. The van der Waals surface area contributed by atoms with Crippen LogP contribution >= 0.6 is 0 Å². The third-order valence-electron chi connectivity index (χ3n) is 3.95. The van der Waals surface area contributed by atoms with E-state index in [9.17, 15) is 18.0 Å². The normalized spacial score (nSPS) is 17.6. The minimum atomic E-state index is -3.58. The van der Waals surface area contributed by atoms with Gasteiger partial charge in [-0.3, -0.25) is 14.3 Å². The molecule has 1 atom stereocenters. The van der Waals surface area contributed by atoms with Crippen LogP contribution in [0.3, 0.4) is 0 Å². The van der Waals surface area contributed by atoms with Gasteiger partial charge in [-0.15, -0.1) is 0 Å². The predicted octanol–water partition coefficient (Wildman–Crippen LogP) is 0.926. The van der Waals surface area contributed by atoms with E-state index in [1.165, 1.54) is 13.1 Å². The number of amides is 2. The van der Waals surface area contributed by atoms with Gasteiger partial charge in [0, 0.05) is 31.5 Å². The van der Waals surface area contributed by atoms with Crippen LogP contribution in [0.1, 0.15) is 12.8 Å². The summed E-state index contributed by atoms with van der Waals surface area (Å²) in [5, 5.41) is 2.80. The highest BCUT2D eigenvalue weighted by Crippen LogP contribution is 2.20. The van der Waals surface area contributed by atoms with Gasteiger partial charge in [0.05, 0.1) is 5.92 Å². The van der Waals surface area contributed by atoms with Gasteiger partial charge < -0.3 is 10.2 Å². The van der Waals surface area contributed by atoms with Crippen LogP contribution in [0, 0.1) is 5.92 Å². The number of hydrogen-bond donors (Lipinski definition) is 3. The lowest BCUT2D eigenvalue weighted by atomic mass is 9.97. The number of anilines is 2. The van der Waals surface area contributed by atoms with Crippen molar-refractivity contribution in [1.29, 1.82) is 0 Å². The van der Waals surface area contributed by atoms with Crippen LogP contribution in [0.25, 0.3) is 0 Å². The van der Waals surface area contributed by atoms with E-state index in [0.717, 1.165) is 6.42 Å². The largest absolute Gasteiger partial charge is 0.338 e. The van der Waals surface area contributed by atoms with Crippen molar-refractivity contribution in [2.45, 2.75) is 12.8 Å². The molecule has 0 radical (unpaired) electrons. The van der Waals surface area contributed by atoms with Crippen molar-refractivity contribution in [3.63, 3.8) is 0 Å². The fourth-order valence-electron chi connectivity index (χ4n) is 2.59. The quantitative estimate of drug-likeness (QED) is 0.651. The summed E-state index contributed by atoms with van der Waals surface area (Å²) in [6.07, 6.45) is 2.74. The monoisotopic (exact) mass is 366 g/mol. The van der Waals surface area contributed by atoms with E-state index in [1.54, 1.807) is 29.2 Å². The van der Waals surface area contributed by atoms with Crippen LogP contribution in [0.15, 0.2) is 36.9 Å².